The Morgan fingerprint density at radius 1 is 1.33 bits per heavy atom. The lowest BCUT2D eigenvalue weighted by atomic mass is 10.2. The number of hydrogen-bond acceptors (Lipinski definition) is 3. The first-order chi connectivity index (χ1) is 7.33. The van der Waals surface area contributed by atoms with Gasteiger partial charge in [0.05, 0.1) is 0 Å². The second kappa shape index (κ2) is 3.01. The first-order valence-electron chi connectivity index (χ1n) is 5.18. The molecule has 1 aromatic rings. The Labute approximate surface area is 87.7 Å². The van der Waals surface area contributed by atoms with E-state index in [2.05, 4.69) is 15.6 Å². The minimum atomic E-state index is 0.0604. The summed E-state index contributed by atoms with van der Waals surface area (Å²) < 4.78 is 0.413. The Kier molecular flexibility index (Phi) is 1.77. The molecule has 5 nitrogen and oxygen atoms in total. The van der Waals surface area contributed by atoms with Crippen molar-refractivity contribution in [3.8, 4) is 0 Å². The largest absolute Gasteiger partial charge is 0.427 e. The van der Waals surface area contributed by atoms with E-state index in [1.165, 1.54) is 0 Å². The van der Waals surface area contributed by atoms with E-state index >= 15 is 0 Å². The van der Waals surface area contributed by atoms with Crippen LogP contribution in [0.5, 0.6) is 0 Å². The minimum Gasteiger partial charge on any atom is -0.306 e. The predicted molar refractivity (Wildman–Crippen MR) is 57.7 cm³/mol. The molecule has 1 spiro atoms. The van der Waals surface area contributed by atoms with E-state index in [0.29, 0.717) is 4.48 Å². The van der Waals surface area contributed by atoms with E-state index in [1.807, 2.05) is 12.1 Å². The maximum Gasteiger partial charge on any atom is 0.427 e. The highest BCUT2D eigenvalue weighted by molar-refractivity contribution is 6.06. The zero-order chi connectivity index (χ0) is 10.3. The van der Waals surface area contributed by atoms with Crippen LogP contribution in [0.3, 0.4) is 0 Å². The molecule has 2 N–H and O–H groups in total. The summed E-state index contributed by atoms with van der Waals surface area (Å²) >= 11 is 0. The molecular weight excluding hydrogens is 192 g/mol. The first kappa shape index (κ1) is 8.82. The predicted octanol–water partition coefficient (Wildman–Crippen LogP) is 0.538. The summed E-state index contributed by atoms with van der Waals surface area (Å²) in [6.45, 7) is 3.37. The topological polar surface area (TPSA) is 54.0 Å². The van der Waals surface area contributed by atoms with Crippen molar-refractivity contribution in [2.24, 2.45) is 0 Å². The molecule has 0 saturated carbocycles. The van der Waals surface area contributed by atoms with Crippen LogP contribution in [0, 0.1) is 0 Å². The maximum atomic E-state index is 12.0. The van der Waals surface area contributed by atoms with Gasteiger partial charge in [-0.25, -0.2) is 14.3 Å². The molecule has 0 radical (unpaired) electrons. The van der Waals surface area contributed by atoms with Gasteiger partial charge in [-0.15, -0.1) is 0 Å². The summed E-state index contributed by atoms with van der Waals surface area (Å²) in [7, 11) is 0. The monoisotopic (exact) mass is 205 g/mol. The highest BCUT2D eigenvalue weighted by Gasteiger charge is 2.48. The zero-order valence-corrected chi connectivity index (χ0v) is 8.36. The molecule has 1 saturated heterocycles. The number of urea groups is 1. The van der Waals surface area contributed by atoms with Gasteiger partial charge >= 0.3 is 6.03 Å². The Morgan fingerprint density at radius 2 is 2.13 bits per heavy atom. The SMILES string of the molecule is O=C1Nc2ncccc2[N+]12CCNCC2. The normalized spacial score (nSPS) is 22.5. The fraction of sp³-hybridized carbons (Fsp3) is 0.400. The van der Waals surface area contributed by atoms with E-state index in [9.17, 15) is 4.79 Å². The molecule has 0 aliphatic carbocycles. The Morgan fingerprint density at radius 3 is 2.93 bits per heavy atom. The first-order valence-corrected chi connectivity index (χ1v) is 5.18. The van der Waals surface area contributed by atoms with Crippen LogP contribution in [0.4, 0.5) is 16.3 Å². The van der Waals surface area contributed by atoms with Gasteiger partial charge in [0.2, 0.25) is 0 Å². The second-order valence-electron chi connectivity index (χ2n) is 3.97. The van der Waals surface area contributed by atoms with Crippen molar-refractivity contribution in [1.82, 2.24) is 14.8 Å². The number of carbonyl (C=O) groups excluding carboxylic acids is 1. The lowest BCUT2D eigenvalue weighted by Crippen LogP contribution is -2.61. The molecule has 2 aliphatic heterocycles. The van der Waals surface area contributed by atoms with E-state index in [-0.39, 0.29) is 6.03 Å². The summed E-state index contributed by atoms with van der Waals surface area (Å²) in [6.07, 6.45) is 1.71. The number of amides is 2. The molecule has 1 fully saturated rings. The number of carbonyl (C=O) groups is 1. The average molecular weight is 205 g/mol. The van der Waals surface area contributed by atoms with Crippen molar-refractivity contribution in [1.29, 1.82) is 0 Å². The van der Waals surface area contributed by atoms with Gasteiger partial charge in [-0.2, -0.15) is 0 Å². The molecule has 3 rings (SSSR count). The molecule has 0 bridgehead atoms. The molecule has 0 aromatic carbocycles. The van der Waals surface area contributed by atoms with Crippen LogP contribution in [-0.4, -0.2) is 37.2 Å². The number of hydrogen-bond donors (Lipinski definition) is 2. The number of rotatable bonds is 0. The number of anilines is 1. The second-order valence-corrected chi connectivity index (χ2v) is 3.97. The minimum absolute atomic E-state index is 0.0604. The number of piperazine rings is 1. The molecular formula is C10H13N4O+. The Bertz CT molecular complexity index is 412. The van der Waals surface area contributed by atoms with Gasteiger partial charge in [0.25, 0.3) is 0 Å². The van der Waals surface area contributed by atoms with Gasteiger partial charge < -0.3 is 5.32 Å². The number of aromatic nitrogens is 1. The van der Waals surface area contributed by atoms with Crippen molar-refractivity contribution in [2.75, 3.05) is 31.5 Å². The number of nitrogens with one attached hydrogen (secondary N) is 2. The third-order valence-electron chi connectivity index (χ3n) is 3.20. The molecule has 1 aromatic heterocycles. The molecule has 0 unspecified atom stereocenters. The third-order valence-corrected chi connectivity index (χ3v) is 3.20. The number of nitrogens with zero attached hydrogens (tertiary/aromatic N) is 2. The van der Waals surface area contributed by atoms with E-state index in [4.69, 9.17) is 0 Å². The van der Waals surface area contributed by atoms with Gasteiger partial charge in [0, 0.05) is 25.4 Å². The van der Waals surface area contributed by atoms with E-state index in [1.54, 1.807) is 6.20 Å². The summed E-state index contributed by atoms with van der Waals surface area (Å²) in [4.78, 5) is 16.2. The van der Waals surface area contributed by atoms with Gasteiger partial charge in [-0.1, -0.05) is 0 Å². The fourth-order valence-corrected chi connectivity index (χ4v) is 2.38. The van der Waals surface area contributed by atoms with Gasteiger partial charge in [-0.05, 0) is 6.07 Å². The number of quaternary nitrogens is 1. The highest BCUT2D eigenvalue weighted by Crippen LogP contribution is 2.36. The number of pyridine rings is 1. The van der Waals surface area contributed by atoms with Crippen LogP contribution < -0.4 is 15.1 Å². The van der Waals surface area contributed by atoms with Gasteiger partial charge in [0.1, 0.15) is 13.1 Å². The van der Waals surface area contributed by atoms with Crippen LogP contribution in [-0.2, 0) is 0 Å². The van der Waals surface area contributed by atoms with Crippen molar-refractivity contribution in [2.45, 2.75) is 0 Å². The quantitative estimate of drug-likeness (QED) is 0.608. The van der Waals surface area contributed by atoms with Crippen molar-refractivity contribution >= 4 is 17.5 Å². The Hall–Kier alpha value is -1.46. The third kappa shape index (κ3) is 1.10. The Balaban J connectivity index is 2.11. The lowest BCUT2D eigenvalue weighted by molar-refractivity contribution is 0.208. The number of fused-ring (bicyclic) bond motifs is 2. The molecule has 2 aliphatic rings. The van der Waals surface area contributed by atoms with Crippen LogP contribution in [0.25, 0.3) is 0 Å². The van der Waals surface area contributed by atoms with Crippen LogP contribution in [0.15, 0.2) is 18.3 Å². The zero-order valence-electron chi connectivity index (χ0n) is 8.36. The summed E-state index contributed by atoms with van der Waals surface area (Å²) in [5.41, 5.74) is 1.02. The molecule has 15 heavy (non-hydrogen) atoms. The molecule has 0 atom stereocenters. The van der Waals surface area contributed by atoms with E-state index < -0.39 is 0 Å². The standard InChI is InChI=1S/C10H12N4O/c15-10-13-9-8(2-1-3-12-9)14(10)6-4-11-5-7-14/h1-3,11H,4-7H2/p+1. The summed E-state index contributed by atoms with van der Waals surface area (Å²) in [5.74, 6) is 0.726. The molecule has 3 heterocycles. The molecule has 2 amide bonds. The average Bonchev–Trinajstić information content (AvgIpc) is 2.55. The fourth-order valence-electron chi connectivity index (χ4n) is 2.38. The molecule has 78 valence electrons. The van der Waals surface area contributed by atoms with Crippen molar-refractivity contribution in [3.05, 3.63) is 18.3 Å². The van der Waals surface area contributed by atoms with Crippen molar-refractivity contribution in [3.63, 3.8) is 0 Å². The van der Waals surface area contributed by atoms with Gasteiger partial charge in [-0.3, -0.25) is 5.32 Å². The van der Waals surface area contributed by atoms with Gasteiger partial charge in [0.15, 0.2) is 11.5 Å². The van der Waals surface area contributed by atoms with Crippen molar-refractivity contribution < 1.29 is 4.79 Å². The lowest BCUT2D eigenvalue weighted by Gasteiger charge is -2.33. The molecule has 5 heteroatoms. The smallest absolute Gasteiger partial charge is 0.306 e. The van der Waals surface area contributed by atoms with E-state index in [0.717, 1.165) is 37.7 Å². The maximum absolute atomic E-state index is 12.0. The summed E-state index contributed by atoms with van der Waals surface area (Å²) in [6, 6.07) is 3.94. The summed E-state index contributed by atoms with van der Waals surface area (Å²) in [5, 5.41) is 6.12. The van der Waals surface area contributed by atoms with Crippen LogP contribution in [0.2, 0.25) is 0 Å². The van der Waals surface area contributed by atoms with Crippen LogP contribution in [0.1, 0.15) is 0 Å². The van der Waals surface area contributed by atoms with Crippen LogP contribution >= 0.6 is 0 Å². The highest BCUT2D eigenvalue weighted by atomic mass is 16.2.